The standard InChI is InChI=1S/C19H17BrN2O4S/c1-25-13-7-8-14(15(9-13)26-2)18-16(10-17(23)24)27-19(22-18)21-12-5-3-11(20)4-6-12/h3-9H,10H2,1-2H3,(H,21,22)(H,23,24). The average molecular weight is 449 g/mol. The number of nitrogens with one attached hydrogen (secondary N) is 1. The first-order valence-corrected chi connectivity index (χ1v) is 9.57. The van der Waals surface area contributed by atoms with Crippen LogP contribution in [0.3, 0.4) is 0 Å². The van der Waals surface area contributed by atoms with Gasteiger partial charge in [-0.2, -0.15) is 0 Å². The number of halogens is 1. The summed E-state index contributed by atoms with van der Waals surface area (Å²) < 4.78 is 11.7. The van der Waals surface area contributed by atoms with Crippen molar-refractivity contribution in [1.29, 1.82) is 0 Å². The minimum Gasteiger partial charge on any atom is -0.497 e. The lowest BCUT2D eigenvalue weighted by Crippen LogP contribution is -2.00. The van der Waals surface area contributed by atoms with Crippen molar-refractivity contribution in [3.8, 4) is 22.8 Å². The number of hydrogen-bond acceptors (Lipinski definition) is 6. The molecule has 0 radical (unpaired) electrons. The molecule has 1 heterocycles. The summed E-state index contributed by atoms with van der Waals surface area (Å²) in [5.41, 5.74) is 2.17. The maximum Gasteiger partial charge on any atom is 0.308 e. The topological polar surface area (TPSA) is 80.7 Å². The smallest absolute Gasteiger partial charge is 0.308 e. The normalized spacial score (nSPS) is 10.5. The molecule has 0 fully saturated rings. The highest BCUT2D eigenvalue weighted by Crippen LogP contribution is 2.39. The average Bonchev–Trinajstić information content (AvgIpc) is 3.04. The van der Waals surface area contributed by atoms with Gasteiger partial charge in [-0.3, -0.25) is 4.79 Å². The van der Waals surface area contributed by atoms with Gasteiger partial charge in [-0.15, -0.1) is 11.3 Å². The molecule has 0 saturated carbocycles. The number of aromatic nitrogens is 1. The highest BCUT2D eigenvalue weighted by Gasteiger charge is 2.19. The van der Waals surface area contributed by atoms with E-state index in [9.17, 15) is 9.90 Å². The van der Waals surface area contributed by atoms with Gasteiger partial charge in [0.1, 0.15) is 11.5 Å². The minimum atomic E-state index is -0.914. The van der Waals surface area contributed by atoms with Gasteiger partial charge >= 0.3 is 5.97 Å². The fourth-order valence-corrected chi connectivity index (χ4v) is 3.78. The van der Waals surface area contributed by atoms with Crippen LogP contribution in [0.25, 0.3) is 11.3 Å². The molecular formula is C19H17BrN2O4S. The van der Waals surface area contributed by atoms with Crippen LogP contribution >= 0.6 is 27.3 Å². The Bertz CT molecular complexity index is 957. The lowest BCUT2D eigenvalue weighted by molar-refractivity contribution is -0.136. The number of methoxy groups -OCH3 is 2. The van der Waals surface area contributed by atoms with Crippen LogP contribution in [-0.2, 0) is 11.2 Å². The van der Waals surface area contributed by atoms with E-state index in [1.807, 2.05) is 30.3 Å². The summed E-state index contributed by atoms with van der Waals surface area (Å²) in [7, 11) is 3.13. The second kappa shape index (κ2) is 8.41. The van der Waals surface area contributed by atoms with Crippen LogP contribution in [0, 0.1) is 0 Å². The van der Waals surface area contributed by atoms with E-state index < -0.39 is 5.97 Å². The molecule has 8 heteroatoms. The van der Waals surface area contributed by atoms with E-state index in [1.54, 1.807) is 26.4 Å². The van der Waals surface area contributed by atoms with Crippen molar-refractivity contribution in [1.82, 2.24) is 4.98 Å². The van der Waals surface area contributed by atoms with Gasteiger partial charge in [-0.05, 0) is 36.4 Å². The molecule has 0 atom stereocenters. The third-order valence-electron chi connectivity index (χ3n) is 3.77. The van der Waals surface area contributed by atoms with Gasteiger partial charge in [0.2, 0.25) is 0 Å². The van der Waals surface area contributed by atoms with E-state index in [-0.39, 0.29) is 6.42 Å². The van der Waals surface area contributed by atoms with Crippen molar-refractivity contribution in [3.63, 3.8) is 0 Å². The molecule has 27 heavy (non-hydrogen) atoms. The first-order chi connectivity index (χ1) is 13.0. The third kappa shape index (κ3) is 4.58. The molecule has 3 aromatic rings. The molecule has 0 unspecified atom stereocenters. The van der Waals surface area contributed by atoms with E-state index in [1.165, 1.54) is 11.3 Å². The molecule has 0 bridgehead atoms. The van der Waals surface area contributed by atoms with Crippen molar-refractivity contribution in [2.45, 2.75) is 6.42 Å². The maximum absolute atomic E-state index is 11.3. The van der Waals surface area contributed by atoms with Crippen LogP contribution in [0.5, 0.6) is 11.5 Å². The van der Waals surface area contributed by atoms with Gasteiger partial charge in [0.25, 0.3) is 0 Å². The zero-order valence-electron chi connectivity index (χ0n) is 14.7. The van der Waals surface area contributed by atoms with Gasteiger partial charge < -0.3 is 19.9 Å². The molecular weight excluding hydrogens is 432 g/mol. The van der Waals surface area contributed by atoms with Gasteiger partial charge in [0.05, 0.1) is 26.3 Å². The fraction of sp³-hybridized carbons (Fsp3) is 0.158. The summed E-state index contributed by atoms with van der Waals surface area (Å²) in [6.07, 6.45) is -0.121. The quantitative estimate of drug-likeness (QED) is 0.531. The van der Waals surface area contributed by atoms with Crippen LogP contribution < -0.4 is 14.8 Å². The molecule has 0 amide bonds. The summed E-state index contributed by atoms with van der Waals surface area (Å²) in [6, 6.07) is 13.0. The first-order valence-electron chi connectivity index (χ1n) is 7.96. The van der Waals surface area contributed by atoms with Crippen molar-refractivity contribution in [3.05, 3.63) is 51.8 Å². The van der Waals surface area contributed by atoms with E-state index in [0.717, 1.165) is 15.7 Å². The molecule has 0 aliphatic carbocycles. The second-order valence-electron chi connectivity index (χ2n) is 5.56. The summed E-state index contributed by atoms with van der Waals surface area (Å²) in [5.74, 6) is 0.308. The summed E-state index contributed by atoms with van der Waals surface area (Å²) in [5, 5.41) is 13.1. The van der Waals surface area contributed by atoms with Crippen molar-refractivity contribution < 1.29 is 19.4 Å². The van der Waals surface area contributed by atoms with Gasteiger partial charge in [-0.1, -0.05) is 15.9 Å². The molecule has 0 spiro atoms. The Morgan fingerprint density at radius 1 is 1.19 bits per heavy atom. The number of rotatable bonds is 7. The number of carbonyl (C=O) groups is 1. The lowest BCUT2D eigenvalue weighted by atomic mass is 10.1. The monoisotopic (exact) mass is 448 g/mol. The Hall–Kier alpha value is -2.58. The molecule has 1 aromatic heterocycles. The third-order valence-corrected chi connectivity index (χ3v) is 5.27. The predicted molar refractivity (Wildman–Crippen MR) is 109 cm³/mol. The summed E-state index contributed by atoms with van der Waals surface area (Å²) in [6.45, 7) is 0. The zero-order valence-corrected chi connectivity index (χ0v) is 17.1. The highest BCUT2D eigenvalue weighted by atomic mass is 79.9. The number of hydrogen-bond donors (Lipinski definition) is 2. The minimum absolute atomic E-state index is 0.121. The molecule has 0 aliphatic rings. The van der Waals surface area contributed by atoms with Crippen LogP contribution in [0.4, 0.5) is 10.8 Å². The SMILES string of the molecule is COc1ccc(-c2nc(Nc3ccc(Br)cc3)sc2CC(=O)O)c(OC)c1. The van der Waals surface area contributed by atoms with Crippen molar-refractivity contribution >= 4 is 44.1 Å². The number of benzene rings is 2. The fourth-order valence-electron chi connectivity index (χ4n) is 2.52. The number of aliphatic carboxylic acids is 1. The Morgan fingerprint density at radius 3 is 2.56 bits per heavy atom. The Balaban J connectivity index is 2.02. The maximum atomic E-state index is 11.3. The molecule has 0 aliphatic heterocycles. The van der Waals surface area contributed by atoms with Crippen LogP contribution in [-0.4, -0.2) is 30.3 Å². The predicted octanol–water partition coefficient (Wildman–Crippen LogP) is 4.96. The molecule has 0 saturated heterocycles. The van der Waals surface area contributed by atoms with Gasteiger partial charge in [0, 0.05) is 26.7 Å². The summed E-state index contributed by atoms with van der Waals surface area (Å²) >= 11 is 4.71. The van der Waals surface area contributed by atoms with Crippen LogP contribution in [0.1, 0.15) is 4.88 Å². The first kappa shape index (κ1) is 19.2. The van der Waals surface area contributed by atoms with Crippen LogP contribution in [0.15, 0.2) is 46.9 Å². The van der Waals surface area contributed by atoms with E-state index in [2.05, 4.69) is 26.2 Å². The number of anilines is 2. The number of carboxylic acid groups (broad SMARTS) is 1. The van der Waals surface area contributed by atoms with E-state index in [4.69, 9.17) is 9.47 Å². The Kier molecular flexibility index (Phi) is 5.98. The zero-order chi connectivity index (χ0) is 19.4. The highest BCUT2D eigenvalue weighted by molar-refractivity contribution is 9.10. The van der Waals surface area contributed by atoms with Crippen molar-refractivity contribution in [2.75, 3.05) is 19.5 Å². The molecule has 2 aromatic carbocycles. The summed E-state index contributed by atoms with van der Waals surface area (Å²) in [4.78, 5) is 16.6. The van der Waals surface area contributed by atoms with E-state index >= 15 is 0 Å². The second-order valence-corrected chi connectivity index (χ2v) is 7.56. The number of ether oxygens (including phenoxy) is 2. The van der Waals surface area contributed by atoms with Gasteiger partial charge in [-0.25, -0.2) is 4.98 Å². The number of nitrogens with zero attached hydrogens (tertiary/aromatic N) is 1. The molecule has 2 N–H and O–H groups in total. The molecule has 6 nitrogen and oxygen atoms in total. The Labute approximate surface area is 168 Å². The lowest BCUT2D eigenvalue weighted by Gasteiger charge is -2.09. The van der Waals surface area contributed by atoms with Crippen molar-refractivity contribution in [2.24, 2.45) is 0 Å². The van der Waals surface area contributed by atoms with E-state index in [0.29, 0.717) is 27.2 Å². The molecule has 140 valence electrons. The Morgan fingerprint density at radius 2 is 1.93 bits per heavy atom. The number of thiazole rings is 1. The van der Waals surface area contributed by atoms with Gasteiger partial charge in [0.15, 0.2) is 5.13 Å². The van der Waals surface area contributed by atoms with Crippen LogP contribution in [0.2, 0.25) is 0 Å². The number of carboxylic acids is 1. The molecule has 3 rings (SSSR count). The largest absolute Gasteiger partial charge is 0.497 e.